The number of hydrogen-bond acceptors (Lipinski definition) is 4. The standard InChI is InChI=1S/C27H34N2OS/c1-26-16-14-22-24(31-25(28-22)29(3)17-7-5-4-6-8-17)21(26)10-9-18-19-11-12-23(30)27(19,2)15-13-20(18)26/h4-8,18-21H,9-16H2,1-3H3/t18-,19-,20-,21?,26+,27-/m0/s1. The lowest BCUT2D eigenvalue weighted by Gasteiger charge is -2.59. The van der Waals surface area contributed by atoms with E-state index in [9.17, 15) is 4.79 Å². The lowest BCUT2D eigenvalue weighted by Crippen LogP contribution is -2.52. The topological polar surface area (TPSA) is 33.2 Å². The Kier molecular flexibility index (Phi) is 4.45. The third kappa shape index (κ3) is 2.76. The van der Waals surface area contributed by atoms with Crippen LogP contribution in [0.25, 0.3) is 0 Å². The van der Waals surface area contributed by atoms with Crippen molar-refractivity contribution >= 4 is 27.9 Å². The molecule has 6 rings (SSSR count). The van der Waals surface area contributed by atoms with Gasteiger partial charge in [0.2, 0.25) is 0 Å². The van der Waals surface area contributed by atoms with Crippen molar-refractivity contribution in [2.45, 2.75) is 71.1 Å². The number of fused-ring (bicyclic) bond motifs is 7. The maximum atomic E-state index is 12.7. The van der Waals surface area contributed by atoms with Gasteiger partial charge in [0.25, 0.3) is 0 Å². The largest absolute Gasteiger partial charge is 0.321 e. The lowest BCUT2D eigenvalue weighted by atomic mass is 9.46. The number of anilines is 2. The second-order valence-corrected chi connectivity index (χ2v) is 12.1. The highest BCUT2D eigenvalue weighted by atomic mass is 32.1. The molecule has 3 fully saturated rings. The van der Waals surface area contributed by atoms with Crippen molar-refractivity contribution in [3.63, 3.8) is 0 Å². The van der Waals surface area contributed by atoms with Gasteiger partial charge in [0.1, 0.15) is 5.78 Å². The maximum absolute atomic E-state index is 12.7. The van der Waals surface area contributed by atoms with Gasteiger partial charge in [0.15, 0.2) is 5.13 Å². The summed E-state index contributed by atoms with van der Waals surface area (Å²) < 4.78 is 0. The molecule has 0 radical (unpaired) electrons. The summed E-state index contributed by atoms with van der Waals surface area (Å²) in [5, 5.41) is 1.14. The average Bonchev–Trinajstić information content (AvgIpc) is 3.34. The minimum atomic E-state index is -0.0136. The van der Waals surface area contributed by atoms with Gasteiger partial charge in [-0.15, -0.1) is 11.3 Å². The number of aromatic nitrogens is 1. The van der Waals surface area contributed by atoms with Crippen LogP contribution in [0.15, 0.2) is 30.3 Å². The van der Waals surface area contributed by atoms with Gasteiger partial charge in [-0.05, 0) is 80.2 Å². The van der Waals surface area contributed by atoms with E-state index in [0.717, 1.165) is 42.7 Å². The van der Waals surface area contributed by atoms with E-state index in [1.807, 2.05) is 11.3 Å². The maximum Gasteiger partial charge on any atom is 0.190 e. The third-order valence-electron chi connectivity index (χ3n) is 9.94. The molecular formula is C27H34N2OS. The minimum absolute atomic E-state index is 0.0136. The fourth-order valence-electron chi connectivity index (χ4n) is 8.11. The Balaban J connectivity index is 1.32. The summed E-state index contributed by atoms with van der Waals surface area (Å²) in [6, 6.07) is 10.6. The van der Waals surface area contributed by atoms with Crippen molar-refractivity contribution in [2.24, 2.45) is 28.6 Å². The normalized spacial score (nSPS) is 38.7. The molecule has 1 aromatic heterocycles. The molecule has 2 aromatic rings. The zero-order valence-corrected chi connectivity index (χ0v) is 19.9. The number of benzene rings is 1. The van der Waals surface area contributed by atoms with Crippen LogP contribution < -0.4 is 4.90 Å². The Morgan fingerprint density at radius 2 is 1.81 bits per heavy atom. The zero-order chi connectivity index (χ0) is 21.4. The first kappa shape index (κ1) is 20.0. The quantitative estimate of drug-likeness (QED) is 0.524. The van der Waals surface area contributed by atoms with Gasteiger partial charge in [-0.3, -0.25) is 4.79 Å². The first-order chi connectivity index (χ1) is 14.9. The fraction of sp³-hybridized carbons (Fsp3) is 0.630. The Morgan fingerprint density at radius 1 is 1.00 bits per heavy atom. The van der Waals surface area contributed by atoms with Gasteiger partial charge in [-0.1, -0.05) is 32.0 Å². The van der Waals surface area contributed by atoms with Gasteiger partial charge >= 0.3 is 0 Å². The van der Waals surface area contributed by atoms with Crippen LogP contribution in [0, 0.1) is 28.6 Å². The number of Topliss-reactive ketones (excluding diaryl/α,β-unsaturated/α-hetero) is 1. The minimum Gasteiger partial charge on any atom is -0.321 e. The van der Waals surface area contributed by atoms with Crippen molar-refractivity contribution in [2.75, 3.05) is 11.9 Å². The molecule has 4 aliphatic rings. The third-order valence-corrected chi connectivity index (χ3v) is 11.2. The Hall–Kier alpha value is -1.68. The van der Waals surface area contributed by atoms with E-state index in [-0.39, 0.29) is 5.41 Å². The summed E-state index contributed by atoms with van der Waals surface area (Å²) in [7, 11) is 2.15. The monoisotopic (exact) mass is 434 g/mol. The summed E-state index contributed by atoms with van der Waals surface area (Å²) in [6.07, 6.45) is 9.32. The molecule has 4 heteroatoms. The van der Waals surface area contributed by atoms with E-state index in [4.69, 9.17) is 4.98 Å². The second-order valence-electron chi connectivity index (χ2n) is 11.1. The number of hydrogen-bond donors (Lipinski definition) is 0. The molecule has 0 spiro atoms. The molecule has 1 heterocycles. The Bertz CT molecular complexity index is 1020. The molecule has 31 heavy (non-hydrogen) atoms. The van der Waals surface area contributed by atoms with Crippen molar-refractivity contribution in [1.82, 2.24) is 4.98 Å². The van der Waals surface area contributed by atoms with E-state index >= 15 is 0 Å². The van der Waals surface area contributed by atoms with Crippen LogP contribution in [0.3, 0.4) is 0 Å². The molecule has 0 amide bonds. The summed E-state index contributed by atoms with van der Waals surface area (Å²) in [5.41, 5.74) is 2.93. The van der Waals surface area contributed by atoms with Crippen LogP contribution in [0.5, 0.6) is 0 Å². The van der Waals surface area contributed by atoms with E-state index in [0.29, 0.717) is 23.0 Å². The SMILES string of the molecule is CN(c1ccccc1)c1nc2c(s1)C1CC[C@@H]3[C@H](CC[C@]4(C)C(=O)CC[C@@H]34)[C@@]1(C)CC2. The highest BCUT2D eigenvalue weighted by molar-refractivity contribution is 7.15. The lowest BCUT2D eigenvalue weighted by molar-refractivity contribution is -0.134. The van der Waals surface area contributed by atoms with Crippen LogP contribution in [0.4, 0.5) is 10.8 Å². The summed E-state index contributed by atoms with van der Waals surface area (Å²) >= 11 is 1.94. The van der Waals surface area contributed by atoms with Crippen molar-refractivity contribution < 1.29 is 4.79 Å². The van der Waals surface area contributed by atoms with Gasteiger partial charge in [-0.25, -0.2) is 4.98 Å². The van der Waals surface area contributed by atoms with E-state index < -0.39 is 0 Å². The second kappa shape index (κ2) is 6.91. The van der Waals surface area contributed by atoms with Crippen LogP contribution in [-0.4, -0.2) is 17.8 Å². The number of carbonyl (C=O) groups is 1. The van der Waals surface area contributed by atoms with Gasteiger partial charge < -0.3 is 4.90 Å². The highest BCUT2D eigenvalue weighted by Crippen LogP contribution is 2.67. The molecule has 1 unspecified atom stereocenters. The van der Waals surface area contributed by atoms with Crippen LogP contribution in [0.2, 0.25) is 0 Å². The average molecular weight is 435 g/mol. The predicted octanol–water partition coefficient (Wildman–Crippen LogP) is 6.75. The smallest absolute Gasteiger partial charge is 0.190 e. The number of nitrogens with zero attached hydrogens (tertiary/aromatic N) is 2. The number of ketones is 1. The first-order valence-corrected chi connectivity index (χ1v) is 13.0. The summed E-state index contributed by atoms with van der Waals surface area (Å²) in [6.45, 7) is 4.89. The predicted molar refractivity (Wildman–Crippen MR) is 127 cm³/mol. The molecule has 0 saturated heterocycles. The number of aryl methyl sites for hydroxylation is 1. The van der Waals surface area contributed by atoms with E-state index in [1.54, 1.807) is 4.88 Å². The molecule has 0 aliphatic heterocycles. The Labute approximate surface area is 190 Å². The molecule has 4 aliphatic carbocycles. The number of para-hydroxylation sites is 1. The fourth-order valence-corrected chi connectivity index (χ4v) is 9.50. The zero-order valence-electron chi connectivity index (χ0n) is 19.1. The molecule has 3 nitrogen and oxygen atoms in total. The number of rotatable bonds is 2. The molecule has 0 N–H and O–H groups in total. The van der Waals surface area contributed by atoms with Crippen molar-refractivity contribution in [3.8, 4) is 0 Å². The van der Waals surface area contributed by atoms with Crippen LogP contribution in [0.1, 0.15) is 75.3 Å². The van der Waals surface area contributed by atoms with Gasteiger partial charge in [-0.2, -0.15) is 0 Å². The van der Waals surface area contributed by atoms with E-state index in [1.165, 1.54) is 37.1 Å². The molecule has 0 bridgehead atoms. The highest BCUT2D eigenvalue weighted by Gasteiger charge is 2.60. The van der Waals surface area contributed by atoms with Crippen molar-refractivity contribution in [3.05, 3.63) is 40.9 Å². The van der Waals surface area contributed by atoms with Gasteiger partial charge in [0.05, 0.1) is 5.69 Å². The number of carbonyl (C=O) groups excluding carboxylic acids is 1. The van der Waals surface area contributed by atoms with Crippen LogP contribution >= 0.6 is 11.3 Å². The molecule has 6 atom stereocenters. The molecular weight excluding hydrogens is 400 g/mol. The number of thiazole rings is 1. The van der Waals surface area contributed by atoms with Crippen molar-refractivity contribution in [1.29, 1.82) is 0 Å². The molecule has 164 valence electrons. The molecule has 3 saturated carbocycles. The first-order valence-electron chi connectivity index (χ1n) is 12.2. The van der Waals surface area contributed by atoms with Crippen LogP contribution in [-0.2, 0) is 11.2 Å². The van der Waals surface area contributed by atoms with E-state index in [2.05, 4.69) is 56.1 Å². The summed E-state index contributed by atoms with van der Waals surface area (Å²) in [4.78, 5) is 21.7. The summed E-state index contributed by atoms with van der Waals surface area (Å²) in [5.74, 6) is 3.38. The Morgan fingerprint density at radius 3 is 2.61 bits per heavy atom. The van der Waals surface area contributed by atoms with Gasteiger partial charge in [0, 0.05) is 35.4 Å². The molecule has 1 aromatic carbocycles.